The lowest BCUT2D eigenvalue weighted by molar-refractivity contribution is 0.102. The van der Waals surface area contributed by atoms with Gasteiger partial charge in [0.25, 0.3) is 5.91 Å². The van der Waals surface area contributed by atoms with E-state index in [1.807, 2.05) is 42.5 Å². The Morgan fingerprint density at radius 2 is 1.59 bits per heavy atom. The molecule has 3 aromatic rings. The van der Waals surface area contributed by atoms with Crippen molar-refractivity contribution >= 4 is 17.3 Å². The van der Waals surface area contributed by atoms with Crippen LogP contribution in [-0.2, 0) is 0 Å². The molecule has 4 rings (SSSR count). The molecule has 27 heavy (non-hydrogen) atoms. The lowest BCUT2D eigenvalue weighted by Gasteiger charge is -2.16. The molecule has 1 unspecified atom stereocenters. The number of nitrogens with one attached hydrogen (secondary N) is 2. The van der Waals surface area contributed by atoms with E-state index in [0.29, 0.717) is 17.1 Å². The van der Waals surface area contributed by atoms with E-state index in [9.17, 15) is 4.79 Å². The third-order valence-corrected chi connectivity index (χ3v) is 4.46. The SMILES string of the molecule is CC(Nc1ccc(NC(=O)c2ccc3c(c2)OCO3)cc1)c1ccccc1. The zero-order valence-electron chi connectivity index (χ0n) is 14.9. The average molecular weight is 360 g/mol. The van der Waals surface area contributed by atoms with Crippen LogP contribution in [0, 0.1) is 0 Å². The Labute approximate surface area is 157 Å². The van der Waals surface area contributed by atoms with Crippen LogP contribution >= 0.6 is 0 Å². The predicted molar refractivity (Wildman–Crippen MR) is 105 cm³/mol. The lowest BCUT2D eigenvalue weighted by Crippen LogP contribution is -2.12. The number of hydrogen-bond donors (Lipinski definition) is 2. The lowest BCUT2D eigenvalue weighted by atomic mass is 10.1. The van der Waals surface area contributed by atoms with Crippen LogP contribution in [0.5, 0.6) is 11.5 Å². The highest BCUT2D eigenvalue weighted by atomic mass is 16.7. The summed E-state index contributed by atoms with van der Waals surface area (Å²) >= 11 is 0. The van der Waals surface area contributed by atoms with Crippen molar-refractivity contribution in [3.63, 3.8) is 0 Å². The van der Waals surface area contributed by atoms with Crippen molar-refractivity contribution in [3.05, 3.63) is 83.9 Å². The molecule has 1 heterocycles. The van der Waals surface area contributed by atoms with E-state index in [1.54, 1.807) is 18.2 Å². The van der Waals surface area contributed by atoms with Gasteiger partial charge in [-0.15, -0.1) is 0 Å². The Kier molecular flexibility index (Phi) is 4.66. The Hall–Kier alpha value is -3.47. The molecule has 1 aliphatic heterocycles. The molecule has 3 aromatic carbocycles. The molecule has 0 saturated heterocycles. The van der Waals surface area contributed by atoms with Gasteiger partial charge in [0.15, 0.2) is 11.5 Å². The smallest absolute Gasteiger partial charge is 0.255 e. The number of fused-ring (bicyclic) bond motifs is 1. The quantitative estimate of drug-likeness (QED) is 0.683. The van der Waals surface area contributed by atoms with E-state index in [1.165, 1.54) is 5.56 Å². The first-order valence-electron chi connectivity index (χ1n) is 8.81. The highest BCUT2D eigenvalue weighted by molar-refractivity contribution is 6.04. The van der Waals surface area contributed by atoms with Crippen LogP contribution in [0.4, 0.5) is 11.4 Å². The van der Waals surface area contributed by atoms with Gasteiger partial charge in [-0.2, -0.15) is 0 Å². The van der Waals surface area contributed by atoms with Crippen LogP contribution in [0.1, 0.15) is 28.9 Å². The van der Waals surface area contributed by atoms with Crippen LogP contribution in [0.15, 0.2) is 72.8 Å². The highest BCUT2D eigenvalue weighted by Gasteiger charge is 2.16. The van der Waals surface area contributed by atoms with Crippen molar-refractivity contribution in [2.75, 3.05) is 17.4 Å². The minimum absolute atomic E-state index is 0.188. The standard InChI is InChI=1S/C22H20N2O3/c1-15(16-5-3-2-4-6-16)23-18-8-10-19(11-9-18)24-22(25)17-7-12-20-21(13-17)27-14-26-20/h2-13,15,23H,14H2,1H3,(H,24,25). The summed E-state index contributed by atoms with van der Waals surface area (Å²) in [6.45, 7) is 2.31. The molecule has 0 saturated carbocycles. The predicted octanol–water partition coefficient (Wildman–Crippen LogP) is 4.84. The molecule has 2 N–H and O–H groups in total. The second-order valence-electron chi connectivity index (χ2n) is 6.38. The molecular weight excluding hydrogens is 340 g/mol. The van der Waals surface area contributed by atoms with Gasteiger partial charge in [0, 0.05) is 23.0 Å². The van der Waals surface area contributed by atoms with E-state index in [-0.39, 0.29) is 18.7 Å². The normalized spacial score (nSPS) is 13.1. The molecule has 5 heteroatoms. The summed E-state index contributed by atoms with van der Waals surface area (Å²) in [6, 6.07) is 23.3. The average Bonchev–Trinajstić information content (AvgIpc) is 3.18. The van der Waals surface area contributed by atoms with Gasteiger partial charge in [0.1, 0.15) is 0 Å². The molecule has 0 aliphatic carbocycles. The Balaban J connectivity index is 1.39. The molecule has 0 aromatic heterocycles. The summed E-state index contributed by atoms with van der Waals surface area (Å²) in [5.41, 5.74) is 3.47. The molecule has 0 spiro atoms. The second-order valence-corrected chi connectivity index (χ2v) is 6.38. The number of rotatable bonds is 5. The van der Waals surface area contributed by atoms with Crippen molar-refractivity contribution in [1.82, 2.24) is 0 Å². The zero-order chi connectivity index (χ0) is 18.6. The van der Waals surface area contributed by atoms with Gasteiger partial charge in [-0.1, -0.05) is 30.3 Å². The van der Waals surface area contributed by atoms with Gasteiger partial charge in [0.05, 0.1) is 0 Å². The Morgan fingerprint density at radius 1 is 0.889 bits per heavy atom. The summed E-state index contributed by atoms with van der Waals surface area (Å²) in [5.74, 6) is 1.07. The first-order valence-corrected chi connectivity index (χ1v) is 8.81. The third kappa shape index (κ3) is 3.87. The largest absolute Gasteiger partial charge is 0.454 e. The topological polar surface area (TPSA) is 59.6 Å². The number of ether oxygens (including phenoxy) is 2. The van der Waals surface area contributed by atoms with Gasteiger partial charge in [-0.3, -0.25) is 4.79 Å². The molecule has 1 amide bonds. The number of carbonyl (C=O) groups is 1. The summed E-state index contributed by atoms with van der Waals surface area (Å²) in [7, 11) is 0. The van der Waals surface area contributed by atoms with Crippen LogP contribution in [0.3, 0.4) is 0 Å². The summed E-state index contributed by atoms with van der Waals surface area (Å²) < 4.78 is 10.6. The van der Waals surface area contributed by atoms with Crippen LogP contribution < -0.4 is 20.1 Å². The van der Waals surface area contributed by atoms with Crippen molar-refractivity contribution in [3.8, 4) is 11.5 Å². The fourth-order valence-electron chi connectivity index (χ4n) is 2.97. The van der Waals surface area contributed by atoms with E-state index in [4.69, 9.17) is 9.47 Å². The molecule has 0 bridgehead atoms. The Morgan fingerprint density at radius 3 is 2.37 bits per heavy atom. The second kappa shape index (κ2) is 7.41. The van der Waals surface area contributed by atoms with Gasteiger partial charge in [-0.25, -0.2) is 0 Å². The summed E-state index contributed by atoms with van der Waals surface area (Å²) in [6.07, 6.45) is 0. The van der Waals surface area contributed by atoms with Crippen molar-refractivity contribution < 1.29 is 14.3 Å². The molecule has 1 aliphatic rings. The number of benzene rings is 3. The van der Waals surface area contributed by atoms with Crippen LogP contribution in [0.2, 0.25) is 0 Å². The Bertz CT molecular complexity index is 940. The van der Waals surface area contributed by atoms with Gasteiger partial charge in [-0.05, 0) is 55.0 Å². The first-order chi connectivity index (χ1) is 13.2. The minimum atomic E-state index is -0.188. The zero-order valence-corrected chi connectivity index (χ0v) is 14.9. The number of hydrogen-bond acceptors (Lipinski definition) is 4. The van der Waals surface area contributed by atoms with Crippen LogP contribution in [-0.4, -0.2) is 12.7 Å². The van der Waals surface area contributed by atoms with E-state index in [2.05, 4.69) is 29.7 Å². The van der Waals surface area contributed by atoms with Crippen molar-refractivity contribution in [1.29, 1.82) is 0 Å². The molecule has 5 nitrogen and oxygen atoms in total. The minimum Gasteiger partial charge on any atom is -0.454 e. The van der Waals surface area contributed by atoms with E-state index < -0.39 is 0 Å². The van der Waals surface area contributed by atoms with E-state index >= 15 is 0 Å². The van der Waals surface area contributed by atoms with Gasteiger partial charge >= 0.3 is 0 Å². The van der Waals surface area contributed by atoms with E-state index in [0.717, 1.165) is 11.4 Å². The third-order valence-electron chi connectivity index (χ3n) is 4.46. The van der Waals surface area contributed by atoms with Gasteiger partial charge in [0.2, 0.25) is 6.79 Å². The van der Waals surface area contributed by atoms with Crippen molar-refractivity contribution in [2.45, 2.75) is 13.0 Å². The molecule has 1 atom stereocenters. The molecule has 0 radical (unpaired) electrons. The molecule has 0 fully saturated rings. The molecular formula is C22H20N2O3. The maximum absolute atomic E-state index is 12.4. The maximum Gasteiger partial charge on any atom is 0.255 e. The number of carbonyl (C=O) groups excluding carboxylic acids is 1. The van der Waals surface area contributed by atoms with Gasteiger partial charge < -0.3 is 20.1 Å². The maximum atomic E-state index is 12.4. The summed E-state index contributed by atoms with van der Waals surface area (Å²) in [4.78, 5) is 12.4. The number of anilines is 2. The fraction of sp³-hybridized carbons (Fsp3) is 0.136. The summed E-state index contributed by atoms with van der Waals surface area (Å²) in [5, 5.41) is 6.35. The first kappa shape index (κ1) is 17.0. The molecule has 136 valence electrons. The fourth-order valence-corrected chi connectivity index (χ4v) is 2.97. The monoisotopic (exact) mass is 360 g/mol. The number of amides is 1. The van der Waals surface area contributed by atoms with Crippen LogP contribution in [0.25, 0.3) is 0 Å². The highest BCUT2D eigenvalue weighted by Crippen LogP contribution is 2.32. The van der Waals surface area contributed by atoms with Crippen molar-refractivity contribution in [2.24, 2.45) is 0 Å².